The highest BCUT2D eigenvalue weighted by Gasteiger charge is 2.28. The second-order valence-electron chi connectivity index (χ2n) is 4.87. The predicted molar refractivity (Wildman–Crippen MR) is 80.9 cm³/mol. The molecule has 0 aliphatic carbocycles. The molecule has 0 aliphatic rings. The Labute approximate surface area is 136 Å². The predicted octanol–water partition coefficient (Wildman–Crippen LogP) is 3.43. The fraction of sp³-hybridized carbons (Fsp3) is 0.250. The molecule has 1 aromatic heterocycles. The number of hydrogen-bond acceptors (Lipinski definition) is 4. The summed E-state index contributed by atoms with van der Waals surface area (Å²) < 4.78 is 46.2. The molecule has 0 fully saturated rings. The Kier molecular flexibility index (Phi) is 5.62. The van der Waals surface area contributed by atoms with Crippen LogP contribution >= 0.6 is 0 Å². The lowest BCUT2D eigenvalue weighted by Gasteiger charge is -2.14. The van der Waals surface area contributed by atoms with E-state index < -0.39 is 24.8 Å². The molecule has 1 N–H and O–H groups in total. The van der Waals surface area contributed by atoms with Gasteiger partial charge >= 0.3 is 6.18 Å². The molecule has 1 heterocycles. The van der Waals surface area contributed by atoms with Crippen LogP contribution in [-0.4, -0.2) is 29.8 Å². The quantitative estimate of drug-likeness (QED) is 0.875. The first-order valence-electron chi connectivity index (χ1n) is 7.01. The maximum atomic E-state index is 12.1. The minimum absolute atomic E-state index is 0.0602. The van der Waals surface area contributed by atoms with Crippen molar-refractivity contribution in [3.8, 4) is 11.5 Å². The molecule has 24 heavy (non-hydrogen) atoms. The van der Waals surface area contributed by atoms with Crippen molar-refractivity contribution in [2.45, 2.75) is 19.2 Å². The summed E-state index contributed by atoms with van der Waals surface area (Å²) in [4.78, 5) is 15.9. The summed E-state index contributed by atoms with van der Waals surface area (Å²) in [5.74, 6) is 0.115. The monoisotopic (exact) mass is 340 g/mol. The lowest BCUT2D eigenvalue weighted by Crippen LogP contribution is -2.30. The second-order valence-corrected chi connectivity index (χ2v) is 4.87. The van der Waals surface area contributed by atoms with Gasteiger partial charge in [-0.25, -0.2) is 0 Å². The molecule has 0 aliphatic heterocycles. The first kappa shape index (κ1) is 17.6. The van der Waals surface area contributed by atoms with Crippen molar-refractivity contribution in [1.29, 1.82) is 0 Å². The Morgan fingerprint density at radius 1 is 1.21 bits per heavy atom. The number of amides is 1. The smallest absolute Gasteiger partial charge is 0.422 e. The summed E-state index contributed by atoms with van der Waals surface area (Å²) in [5, 5.41) is 2.60. The lowest BCUT2D eigenvalue weighted by atomic mass is 10.3. The van der Waals surface area contributed by atoms with E-state index in [2.05, 4.69) is 15.0 Å². The summed E-state index contributed by atoms with van der Waals surface area (Å²) >= 11 is 0. The molecular formula is C16H15F3N2O3. The molecule has 8 heteroatoms. The number of alkyl halides is 3. The average molecular weight is 340 g/mol. The number of carbonyl (C=O) groups is 1. The van der Waals surface area contributed by atoms with Crippen LogP contribution in [0.5, 0.6) is 11.5 Å². The van der Waals surface area contributed by atoms with Crippen LogP contribution in [0.15, 0.2) is 48.8 Å². The van der Waals surface area contributed by atoms with Crippen molar-refractivity contribution >= 4 is 11.6 Å². The maximum absolute atomic E-state index is 12.1. The van der Waals surface area contributed by atoms with E-state index in [1.807, 2.05) is 0 Å². The number of benzene rings is 1. The molecule has 5 nitrogen and oxygen atoms in total. The van der Waals surface area contributed by atoms with E-state index in [-0.39, 0.29) is 5.75 Å². The number of nitrogens with one attached hydrogen (secondary N) is 1. The van der Waals surface area contributed by atoms with Crippen LogP contribution in [0.4, 0.5) is 18.9 Å². The molecule has 128 valence electrons. The second kappa shape index (κ2) is 7.67. The molecule has 1 atom stereocenters. The molecule has 2 rings (SSSR count). The standard InChI is InChI=1S/C16H15F3N2O3/c1-11(24-14-3-2-8-20-9-14)15(22)21-12-4-6-13(7-5-12)23-10-16(17,18)19/h2-9,11H,10H2,1H3,(H,21,22)/t11-/m0/s1. The maximum Gasteiger partial charge on any atom is 0.422 e. The Hall–Kier alpha value is -2.77. The van der Waals surface area contributed by atoms with Crippen LogP contribution in [0.1, 0.15) is 6.92 Å². The number of pyridine rings is 1. The Balaban J connectivity index is 1.87. The third-order valence-electron chi connectivity index (χ3n) is 2.84. The molecule has 0 unspecified atom stereocenters. The first-order valence-corrected chi connectivity index (χ1v) is 7.01. The van der Waals surface area contributed by atoms with E-state index in [0.29, 0.717) is 11.4 Å². The SMILES string of the molecule is C[C@H](Oc1cccnc1)C(=O)Nc1ccc(OCC(F)(F)F)cc1. The molecule has 0 radical (unpaired) electrons. The fourth-order valence-electron chi connectivity index (χ4n) is 1.72. The van der Waals surface area contributed by atoms with Crippen molar-refractivity contribution < 1.29 is 27.4 Å². The number of hydrogen-bond donors (Lipinski definition) is 1. The van der Waals surface area contributed by atoms with Gasteiger partial charge in [-0.1, -0.05) is 0 Å². The number of carbonyl (C=O) groups excluding carboxylic acids is 1. The first-order chi connectivity index (χ1) is 11.3. The highest BCUT2D eigenvalue weighted by Crippen LogP contribution is 2.20. The number of ether oxygens (including phenoxy) is 2. The third-order valence-corrected chi connectivity index (χ3v) is 2.84. The van der Waals surface area contributed by atoms with Crippen LogP contribution in [-0.2, 0) is 4.79 Å². The van der Waals surface area contributed by atoms with E-state index >= 15 is 0 Å². The van der Waals surface area contributed by atoms with E-state index in [9.17, 15) is 18.0 Å². The zero-order valence-corrected chi connectivity index (χ0v) is 12.7. The summed E-state index contributed by atoms with van der Waals surface area (Å²) in [6, 6.07) is 8.92. The van der Waals surface area contributed by atoms with Gasteiger partial charge in [0.1, 0.15) is 11.5 Å². The van der Waals surface area contributed by atoms with Gasteiger partial charge in [-0.3, -0.25) is 9.78 Å². The van der Waals surface area contributed by atoms with Crippen molar-refractivity contribution in [1.82, 2.24) is 4.98 Å². The van der Waals surface area contributed by atoms with Gasteiger partial charge in [-0.15, -0.1) is 0 Å². The van der Waals surface area contributed by atoms with Crippen LogP contribution in [0.25, 0.3) is 0 Å². The normalized spacial score (nSPS) is 12.3. The Bertz CT molecular complexity index is 661. The molecule has 1 amide bonds. The molecule has 0 saturated carbocycles. The summed E-state index contributed by atoms with van der Waals surface area (Å²) in [6.07, 6.45) is -2.10. The van der Waals surface area contributed by atoms with Crippen molar-refractivity contribution in [3.05, 3.63) is 48.8 Å². The zero-order chi connectivity index (χ0) is 17.6. The van der Waals surface area contributed by atoms with E-state index in [4.69, 9.17) is 4.74 Å². The fourth-order valence-corrected chi connectivity index (χ4v) is 1.72. The van der Waals surface area contributed by atoms with Crippen LogP contribution in [0, 0.1) is 0 Å². The van der Waals surface area contributed by atoms with Gasteiger partial charge in [-0.05, 0) is 43.3 Å². The van der Waals surface area contributed by atoms with Crippen molar-refractivity contribution in [3.63, 3.8) is 0 Å². The molecule has 0 saturated heterocycles. The summed E-state index contributed by atoms with van der Waals surface area (Å²) in [6.45, 7) is 0.206. The number of rotatable bonds is 6. The number of halogens is 3. The zero-order valence-electron chi connectivity index (χ0n) is 12.7. The summed E-state index contributed by atoms with van der Waals surface area (Å²) in [5.41, 5.74) is 0.418. The van der Waals surface area contributed by atoms with Crippen LogP contribution in [0.2, 0.25) is 0 Å². The van der Waals surface area contributed by atoms with E-state index in [0.717, 1.165) is 0 Å². The third kappa shape index (κ3) is 5.79. The van der Waals surface area contributed by atoms with Crippen molar-refractivity contribution in [2.24, 2.45) is 0 Å². The minimum atomic E-state index is -4.40. The van der Waals surface area contributed by atoms with Crippen LogP contribution < -0.4 is 14.8 Å². The van der Waals surface area contributed by atoms with E-state index in [1.54, 1.807) is 25.3 Å². The number of nitrogens with zero attached hydrogens (tertiary/aromatic N) is 1. The van der Waals surface area contributed by atoms with Gasteiger partial charge in [0.25, 0.3) is 5.91 Å². The van der Waals surface area contributed by atoms with Gasteiger partial charge in [0.15, 0.2) is 12.7 Å². The van der Waals surface area contributed by atoms with Crippen molar-refractivity contribution in [2.75, 3.05) is 11.9 Å². The van der Waals surface area contributed by atoms with Gasteiger partial charge in [0.05, 0.1) is 6.20 Å². The van der Waals surface area contributed by atoms with Gasteiger partial charge in [0.2, 0.25) is 0 Å². The number of anilines is 1. The topological polar surface area (TPSA) is 60.5 Å². The van der Waals surface area contributed by atoms with Gasteiger partial charge in [-0.2, -0.15) is 13.2 Å². The Morgan fingerprint density at radius 2 is 1.92 bits per heavy atom. The van der Waals surface area contributed by atoms with Gasteiger partial charge < -0.3 is 14.8 Å². The highest BCUT2D eigenvalue weighted by atomic mass is 19.4. The highest BCUT2D eigenvalue weighted by molar-refractivity contribution is 5.94. The molecule has 1 aromatic carbocycles. The lowest BCUT2D eigenvalue weighted by molar-refractivity contribution is -0.153. The molecule has 2 aromatic rings. The molecule has 0 bridgehead atoms. The summed E-state index contributed by atoms with van der Waals surface area (Å²) in [7, 11) is 0. The minimum Gasteiger partial charge on any atom is -0.484 e. The average Bonchev–Trinajstić information content (AvgIpc) is 2.54. The molecule has 0 spiro atoms. The number of aromatic nitrogens is 1. The Morgan fingerprint density at radius 3 is 2.50 bits per heavy atom. The van der Waals surface area contributed by atoms with Crippen LogP contribution in [0.3, 0.4) is 0 Å². The largest absolute Gasteiger partial charge is 0.484 e. The van der Waals surface area contributed by atoms with Gasteiger partial charge in [0, 0.05) is 11.9 Å². The molecular weight excluding hydrogens is 325 g/mol. The van der Waals surface area contributed by atoms with E-state index in [1.165, 1.54) is 30.5 Å².